The summed E-state index contributed by atoms with van der Waals surface area (Å²) in [5.74, 6) is 0.293. The molecule has 2 aromatic carbocycles. The van der Waals surface area contributed by atoms with Crippen molar-refractivity contribution in [2.45, 2.75) is 58.3 Å². The van der Waals surface area contributed by atoms with Gasteiger partial charge in [-0.2, -0.15) is 0 Å². The summed E-state index contributed by atoms with van der Waals surface area (Å²) in [7, 11) is 0. The van der Waals surface area contributed by atoms with E-state index in [-0.39, 0.29) is 5.82 Å². The van der Waals surface area contributed by atoms with E-state index < -0.39 is 0 Å². The van der Waals surface area contributed by atoms with E-state index in [0.29, 0.717) is 5.92 Å². The summed E-state index contributed by atoms with van der Waals surface area (Å²) in [6.07, 6.45) is 10.2. The summed E-state index contributed by atoms with van der Waals surface area (Å²) in [4.78, 5) is 0. The fourth-order valence-corrected chi connectivity index (χ4v) is 3.77. The van der Waals surface area contributed by atoms with E-state index in [2.05, 4.69) is 37.3 Å². The minimum Gasteiger partial charge on any atom is -0.207 e. The first-order valence-corrected chi connectivity index (χ1v) is 9.21. The van der Waals surface area contributed by atoms with Crippen molar-refractivity contribution in [2.75, 3.05) is 0 Å². The van der Waals surface area contributed by atoms with Crippen LogP contribution in [0.5, 0.6) is 0 Å². The molecule has 0 aliphatic heterocycles. The van der Waals surface area contributed by atoms with Gasteiger partial charge in [0.25, 0.3) is 0 Å². The first-order chi connectivity index (χ1) is 11.7. The summed E-state index contributed by atoms with van der Waals surface area (Å²) >= 11 is 0. The summed E-state index contributed by atoms with van der Waals surface area (Å²) in [6, 6.07) is 12.7. The van der Waals surface area contributed by atoms with Gasteiger partial charge in [0.15, 0.2) is 0 Å². The normalized spacial score (nSPS) is 17.2. The standard InChI is InChI=1S/C23H27F/c1-3-5-6-7-18-9-13-22(23(24)15-18)21-12-11-19-14-17(4-2)8-10-20(19)16-21/h3,5,8-10,13-15,21H,4,6-7,11-12,16H2,1-2H3/b5-3+. The van der Waals surface area contributed by atoms with Gasteiger partial charge in [-0.15, -0.1) is 0 Å². The van der Waals surface area contributed by atoms with E-state index in [1.807, 2.05) is 19.1 Å². The Kier molecular flexibility index (Phi) is 5.50. The lowest BCUT2D eigenvalue weighted by Crippen LogP contribution is -2.14. The van der Waals surface area contributed by atoms with Gasteiger partial charge in [-0.05, 0) is 85.3 Å². The molecule has 2 aromatic rings. The van der Waals surface area contributed by atoms with Gasteiger partial charge in [0, 0.05) is 0 Å². The van der Waals surface area contributed by atoms with Gasteiger partial charge in [0.1, 0.15) is 5.82 Å². The Hall–Kier alpha value is -1.89. The summed E-state index contributed by atoms with van der Waals surface area (Å²) in [5.41, 5.74) is 6.27. The smallest absolute Gasteiger partial charge is 0.126 e. The molecule has 1 aliphatic rings. The molecule has 1 heteroatoms. The number of hydrogen-bond acceptors (Lipinski definition) is 0. The van der Waals surface area contributed by atoms with Crippen LogP contribution in [-0.4, -0.2) is 0 Å². The van der Waals surface area contributed by atoms with Gasteiger partial charge < -0.3 is 0 Å². The first kappa shape index (κ1) is 17.0. The number of rotatable bonds is 5. The van der Waals surface area contributed by atoms with E-state index in [9.17, 15) is 4.39 Å². The molecule has 0 heterocycles. The predicted octanol–water partition coefficient (Wildman–Crippen LogP) is 6.17. The van der Waals surface area contributed by atoms with Crippen LogP contribution in [0.2, 0.25) is 0 Å². The highest BCUT2D eigenvalue weighted by molar-refractivity contribution is 5.38. The van der Waals surface area contributed by atoms with Crippen LogP contribution in [0.15, 0.2) is 48.6 Å². The van der Waals surface area contributed by atoms with Crippen molar-refractivity contribution in [1.29, 1.82) is 0 Å². The lowest BCUT2D eigenvalue weighted by molar-refractivity contribution is 0.532. The van der Waals surface area contributed by atoms with Crippen LogP contribution in [-0.2, 0) is 25.7 Å². The van der Waals surface area contributed by atoms with E-state index in [4.69, 9.17) is 0 Å². The third-order valence-corrected chi connectivity index (χ3v) is 5.25. The summed E-state index contributed by atoms with van der Waals surface area (Å²) in [5, 5.41) is 0. The fourth-order valence-electron chi connectivity index (χ4n) is 3.77. The minimum atomic E-state index is -0.0217. The van der Waals surface area contributed by atoms with Crippen molar-refractivity contribution < 1.29 is 4.39 Å². The molecule has 1 atom stereocenters. The van der Waals surface area contributed by atoms with Crippen LogP contribution in [0.4, 0.5) is 4.39 Å². The third kappa shape index (κ3) is 3.77. The minimum absolute atomic E-state index is 0.0217. The van der Waals surface area contributed by atoms with Crippen molar-refractivity contribution in [3.8, 4) is 0 Å². The lowest BCUT2D eigenvalue weighted by atomic mass is 9.79. The largest absolute Gasteiger partial charge is 0.207 e. The Morgan fingerprint density at radius 2 is 1.92 bits per heavy atom. The number of benzene rings is 2. The Bertz CT molecular complexity index is 727. The van der Waals surface area contributed by atoms with Crippen molar-refractivity contribution in [3.05, 3.63) is 82.2 Å². The van der Waals surface area contributed by atoms with Gasteiger partial charge in [0.05, 0.1) is 0 Å². The highest BCUT2D eigenvalue weighted by Crippen LogP contribution is 2.34. The molecule has 0 amide bonds. The van der Waals surface area contributed by atoms with Crippen LogP contribution in [0, 0.1) is 5.82 Å². The Morgan fingerprint density at radius 1 is 1.08 bits per heavy atom. The highest BCUT2D eigenvalue weighted by Gasteiger charge is 2.22. The molecule has 0 radical (unpaired) electrons. The molecule has 1 unspecified atom stereocenters. The molecule has 24 heavy (non-hydrogen) atoms. The van der Waals surface area contributed by atoms with Crippen LogP contribution in [0.3, 0.4) is 0 Å². The summed E-state index contributed by atoms with van der Waals surface area (Å²) in [6.45, 7) is 4.22. The Morgan fingerprint density at radius 3 is 2.67 bits per heavy atom. The van der Waals surface area contributed by atoms with E-state index in [1.165, 1.54) is 16.7 Å². The topological polar surface area (TPSA) is 0 Å². The van der Waals surface area contributed by atoms with Crippen molar-refractivity contribution in [1.82, 2.24) is 0 Å². The second-order valence-corrected chi connectivity index (χ2v) is 6.86. The number of fused-ring (bicyclic) bond motifs is 1. The van der Waals surface area contributed by atoms with Crippen molar-refractivity contribution >= 4 is 0 Å². The number of allylic oxidation sites excluding steroid dienone is 2. The maximum absolute atomic E-state index is 14.6. The SMILES string of the molecule is C/C=C/CCc1ccc(C2CCc3cc(CC)ccc3C2)c(F)c1. The van der Waals surface area contributed by atoms with Crippen LogP contribution in [0.25, 0.3) is 0 Å². The van der Waals surface area contributed by atoms with E-state index >= 15 is 0 Å². The highest BCUT2D eigenvalue weighted by atomic mass is 19.1. The molecule has 0 fully saturated rings. The molecule has 0 aromatic heterocycles. The molecule has 0 N–H and O–H groups in total. The Labute approximate surface area is 145 Å². The van der Waals surface area contributed by atoms with E-state index in [1.54, 1.807) is 6.07 Å². The van der Waals surface area contributed by atoms with Crippen LogP contribution in [0.1, 0.15) is 60.4 Å². The fraction of sp³-hybridized carbons (Fsp3) is 0.391. The molecule has 1 aliphatic carbocycles. The van der Waals surface area contributed by atoms with Crippen LogP contribution < -0.4 is 0 Å². The molecule has 0 bridgehead atoms. The molecule has 126 valence electrons. The monoisotopic (exact) mass is 322 g/mol. The van der Waals surface area contributed by atoms with E-state index in [0.717, 1.165) is 49.7 Å². The zero-order chi connectivity index (χ0) is 16.9. The average Bonchev–Trinajstić information content (AvgIpc) is 2.61. The summed E-state index contributed by atoms with van der Waals surface area (Å²) < 4.78 is 14.6. The molecular weight excluding hydrogens is 295 g/mol. The quantitative estimate of drug-likeness (QED) is 0.577. The third-order valence-electron chi connectivity index (χ3n) is 5.25. The molecular formula is C23H27F. The molecule has 0 spiro atoms. The van der Waals surface area contributed by atoms with Crippen molar-refractivity contribution in [3.63, 3.8) is 0 Å². The Balaban J connectivity index is 1.75. The molecule has 0 saturated carbocycles. The first-order valence-electron chi connectivity index (χ1n) is 9.21. The van der Waals surface area contributed by atoms with Crippen LogP contribution >= 0.6 is 0 Å². The molecule has 0 saturated heterocycles. The second kappa shape index (κ2) is 7.79. The average molecular weight is 322 g/mol. The molecule has 0 nitrogen and oxygen atoms in total. The van der Waals surface area contributed by atoms with Gasteiger partial charge in [-0.25, -0.2) is 4.39 Å². The predicted molar refractivity (Wildman–Crippen MR) is 100 cm³/mol. The zero-order valence-electron chi connectivity index (χ0n) is 14.8. The van der Waals surface area contributed by atoms with Gasteiger partial charge in [0.2, 0.25) is 0 Å². The lowest BCUT2D eigenvalue weighted by Gasteiger charge is -2.26. The zero-order valence-corrected chi connectivity index (χ0v) is 14.8. The second-order valence-electron chi connectivity index (χ2n) is 6.86. The number of aryl methyl sites for hydroxylation is 3. The van der Waals surface area contributed by atoms with Gasteiger partial charge >= 0.3 is 0 Å². The number of hydrogen-bond donors (Lipinski definition) is 0. The van der Waals surface area contributed by atoms with Crippen molar-refractivity contribution in [2.24, 2.45) is 0 Å². The maximum Gasteiger partial charge on any atom is 0.126 e. The number of halogens is 1. The maximum atomic E-state index is 14.6. The van der Waals surface area contributed by atoms with Gasteiger partial charge in [-0.1, -0.05) is 49.4 Å². The molecule has 3 rings (SSSR count). The van der Waals surface area contributed by atoms with Gasteiger partial charge in [-0.3, -0.25) is 0 Å².